The lowest BCUT2D eigenvalue weighted by molar-refractivity contribution is 1.07. The summed E-state index contributed by atoms with van der Waals surface area (Å²) < 4.78 is 0. The third-order valence-corrected chi connectivity index (χ3v) is 10.1. The molecule has 4 heteroatoms. The van der Waals surface area contributed by atoms with Crippen LogP contribution in [-0.4, -0.2) is 19.9 Å². The number of benzene rings is 8. The second-order valence-corrected chi connectivity index (χ2v) is 13.5. The van der Waals surface area contributed by atoms with E-state index in [1.54, 1.807) is 0 Å². The van der Waals surface area contributed by atoms with E-state index in [0.717, 1.165) is 60.9 Å². The zero-order chi connectivity index (χ0) is 35.8. The minimum atomic E-state index is 0.640. The number of nitrogens with zero attached hydrogens (tertiary/aromatic N) is 4. The number of para-hydroxylation sites is 1. The van der Waals surface area contributed by atoms with Gasteiger partial charge in [-0.25, -0.2) is 19.9 Å². The lowest BCUT2D eigenvalue weighted by Gasteiger charge is -2.15. The van der Waals surface area contributed by atoms with Gasteiger partial charge in [0.05, 0.1) is 11.2 Å². The van der Waals surface area contributed by atoms with Crippen molar-refractivity contribution in [3.05, 3.63) is 194 Å². The van der Waals surface area contributed by atoms with Gasteiger partial charge in [-0.1, -0.05) is 176 Å². The molecule has 10 aromatic rings. The van der Waals surface area contributed by atoms with Gasteiger partial charge in [0.25, 0.3) is 0 Å². The molecule has 0 spiro atoms. The standard InChI is InChI=1S/C50H32N4/c1-3-14-35(15-4-1)48-52-49(36-16-5-2-6-17-36)54-50(53-48)37-28-25-34(26-29-37)39-19-11-20-40(31-39)42-22-12-23-44-46(42)43-21-9-10-24-45(43)51-47(44)41-30-27-33-13-7-8-18-38(33)32-41/h1-32H. The van der Waals surface area contributed by atoms with Gasteiger partial charge in [0.1, 0.15) is 0 Å². The summed E-state index contributed by atoms with van der Waals surface area (Å²) in [7, 11) is 0. The number of rotatable bonds is 6. The monoisotopic (exact) mass is 688 g/mol. The van der Waals surface area contributed by atoms with Crippen molar-refractivity contribution in [3.8, 4) is 67.7 Å². The average molecular weight is 689 g/mol. The predicted octanol–water partition coefficient (Wildman–Crippen LogP) is 12.7. The number of hydrogen-bond acceptors (Lipinski definition) is 4. The van der Waals surface area contributed by atoms with Crippen LogP contribution in [0.15, 0.2) is 194 Å². The molecule has 0 fully saturated rings. The normalized spacial score (nSPS) is 11.3. The number of hydrogen-bond donors (Lipinski definition) is 0. The fraction of sp³-hybridized carbons (Fsp3) is 0. The molecule has 0 aliphatic carbocycles. The Balaban J connectivity index is 1.06. The molecule has 0 aliphatic heterocycles. The van der Waals surface area contributed by atoms with Crippen molar-refractivity contribution < 1.29 is 0 Å². The van der Waals surface area contributed by atoms with E-state index in [1.807, 2.05) is 60.7 Å². The van der Waals surface area contributed by atoms with E-state index >= 15 is 0 Å². The van der Waals surface area contributed by atoms with Crippen LogP contribution in [0.25, 0.3) is 100 Å². The van der Waals surface area contributed by atoms with Gasteiger partial charge in [-0.3, -0.25) is 0 Å². The van der Waals surface area contributed by atoms with Crippen LogP contribution in [0.2, 0.25) is 0 Å². The van der Waals surface area contributed by atoms with Gasteiger partial charge >= 0.3 is 0 Å². The number of aromatic nitrogens is 4. The maximum absolute atomic E-state index is 5.24. The molecule has 2 heterocycles. The van der Waals surface area contributed by atoms with Crippen LogP contribution in [0.1, 0.15) is 0 Å². The molecule has 0 atom stereocenters. The maximum atomic E-state index is 5.24. The van der Waals surface area contributed by atoms with Gasteiger partial charge in [0.2, 0.25) is 0 Å². The van der Waals surface area contributed by atoms with Crippen LogP contribution >= 0.6 is 0 Å². The largest absolute Gasteiger partial charge is 0.247 e. The Morgan fingerprint density at radius 1 is 0.278 bits per heavy atom. The van der Waals surface area contributed by atoms with E-state index in [0.29, 0.717) is 17.5 Å². The fourth-order valence-corrected chi connectivity index (χ4v) is 7.42. The molecular weight excluding hydrogens is 657 g/mol. The maximum Gasteiger partial charge on any atom is 0.164 e. The highest BCUT2D eigenvalue weighted by molar-refractivity contribution is 6.17. The number of pyridine rings is 1. The molecule has 252 valence electrons. The van der Waals surface area contributed by atoms with E-state index in [2.05, 4.69) is 133 Å². The molecule has 8 aromatic carbocycles. The molecule has 0 amide bonds. The van der Waals surface area contributed by atoms with Gasteiger partial charge in [-0.15, -0.1) is 0 Å². The Labute approximate surface area is 313 Å². The highest BCUT2D eigenvalue weighted by Crippen LogP contribution is 2.40. The fourth-order valence-electron chi connectivity index (χ4n) is 7.42. The summed E-state index contributed by atoms with van der Waals surface area (Å²) in [4.78, 5) is 19.9. The second kappa shape index (κ2) is 13.4. The van der Waals surface area contributed by atoms with Crippen molar-refractivity contribution in [1.82, 2.24) is 19.9 Å². The van der Waals surface area contributed by atoms with Crippen LogP contribution in [-0.2, 0) is 0 Å². The molecule has 4 nitrogen and oxygen atoms in total. The minimum Gasteiger partial charge on any atom is -0.247 e. The van der Waals surface area contributed by atoms with E-state index < -0.39 is 0 Å². The summed E-state index contributed by atoms with van der Waals surface area (Å²) in [6.45, 7) is 0. The molecular formula is C50H32N4. The van der Waals surface area contributed by atoms with E-state index in [-0.39, 0.29) is 0 Å². The Morgan fingerprint density at radius 3 is 1.52 bits per heavy atom. The van der Waals surface area contributed by atoms with Gasteiger partial charge in [-0.05, 0) is 51.2 Å². The van der Waals surface area contributed by atoms with Crippen molar-refractivity contribution in [2.24, 2.45) is 0 Å². The van der Waals surface area contributed by atoms with E-state index in [1.165, 1.54) is 21.7 Å². The molecule has 10 rings (SSSR count). The summed E-state index contributed by atoms with van der Waals surface area (Å²) in [5.74, 6) is 1.94. The van der Waals surface area contributed by atoms with Crippen molar-refractivity contribution in [2.45, 2.75) is 0 Å². The smallest absolute Gasteiger partial charge is 0.164 e. The highest BCUT2D eigenvalue weighted by atomic mass is 15.0. The SMILES string of the molecule is c1ccc(-c2nc(-c3ccccc3)nc(-c3ccc(-c4cccc(-c5cccc6c(-c7ccc8ccccc8c7)nc7ccccc7c56)c4)cc3)n2)cc1. The molecule has 2 aromatic heterocycles. The van der Waals surface area contributed by atoms with Gasteiger partial charge in [-0.2, -0.15) is 0 Å². The summed E-state index contributed by atoms with van der Waals surface area (Å²) in [6.07, 6.45) is 0. The van der Waals surface area contributed by atoms with Crippen molar-refractivity contribution in [3.63, 3.8) is 0 Å². The summed E-state index contributed by atoms with van der Waals surface area (Å²) in [5, 5.41) is 5.91. The van der Waals surface area contributed by atoms with Crippen molar-refractivity contribution in [2.75, 3.05) is 0 Å². The average Bonchev–Trinajstić information content (AvgIpc) is 3.26. The van der Waals surface area contributed by atoms with E-state index in [9.17, 15) is 0 Å². The second-order valence-electron chi connectivity index (χ2n) is 13.5. The Bertz CT molecular complexity index is 2920. The third-order valence-electron chi connectivity index (χ3n) is 10.1. The Kier molecular flexibility index (Phi) is 7.77. The molecule has 54 heavy (non-hydrogen) atoms. The van der Waals surface area contributed by atoms with Crippen LogP contribution < -0.4 is 0 Å². The highest BCUT2D eigenvalue weighted by Gasteiger charge is 2.16. The first kappa shape index (κ1) is 31.4. The number of fused-ring (bicyclic) bond motifs is 4. The summed E-state index contributed by atoms with van der Waals surface area (Å²) in [6, 6.07) is 67.7. The van der Waals surface area contributed by atoms with Gasteiger partial charge in [0.15, 0.2) is 17.5 Å². The van der Waals surface area contributed by atoms with Crippen LogP contribution in [0.4, 0.5) is 0 Å². The first-order valence-corrected chi connectivity index (χ1v) is 18.1. The quantitative estimate of drug-likeness (QED) is 0.163. The summed E-state index contributed by atoms with van der Waals surface area (Å²) >= 11 is 0. The summed E-state index contributed by atoms with van der Waals surface area (Å²) in [5.41, 5.74) is 10.5. The molecule has 0 saturated heterocycles. The Morgan fingerprint density at radius 2 is 0.796 bits per heavy atom. The molecule has 0 bridgehead atoms. The van der Waals surface area contributed by atoms with E-state index in [4.69, 9.17) is 19.9 Å². The van der Waals surface area contributed by atoms with Crippen molar-refractivity contribution in [1.29, 1.82) is 0 Å². The first-order chi connectivity index (χ1) is 26.7. The molecule has 0 aliphatic rings. The predicted molar refractivity (Wildman–Crippen MR) is 223 cm³/mol. The molecule has 0 radical (unpaired) electrons. The lowest BCUT2D eigenvalue weighted by Crippen LogP contribution is -2.00. The zero-order valence-corrected chi connectivity index (χ0v) is 29.3. The molecule has 0 unspecified atom stereocenters. The first-order valence-electron chi connectivity index (χ1n) is 18.1. The van der Waals surface area contributed by atoms with Crippen LogP contribution in [0.3, 0.4) is 0 Å². The molecule has 0 saturated carbocycles. The Hall–Kier alpha value is -7.30. The van der Waals surface area contributed by atoms with Crippen LogP contribution in [0, 0.1) is 0 Å². The lowest BCUT2D eigenvalue weighted by atomic mass is 9.91. The van der Waals surface area contributed by atoms with Crippen molar-refractivity contribution >= 4 is 32.4 Å². The topological polar surface area (TPSA) is 51.6 Å². The zero-order valence-electron chi connectivity index (χ0n) is 29.3. The van der Waals surface area contributed by atoms with Gasteiger partial charge < -0.3 is 0 Å². The molecule has 0 N–H and O–H groups in total. The third kappa shape index (κ3) is 5.76. The van der Waals surface area contributed by atoms with Gasteiger partial charge in [0, 0.05) is 38.4 Å². The minimum absolute atomic E-state index is 0.640. The van der Waals surface area contributed by atoms with Crippen LogP contribution in [0.5, 0.6) is 0 Å².